The maximum atomic E-state index is 12.1. The molecule has 3 heterocycles. The Morgan fingerprint density at radius 1 is 1.43 bits per heavy atom. The first kappa shape index (κ1) is 15.9. The molecule has 122 valence electrons. The van der Waals surface area contributed by atoms with E-state index in [4.69, 9.17) is 0 Å². The predicted octanol–water partition coefficient (Wildman–Crippen LogP) is 2.96. The van der Waals surface area contributed by atoms with Crippen LogP contribution >= 0.6 is 11.3 Å². The molecule has 2 aromatic rings. The number of amides is 1. The second kappa shape index (κ2) is 6.62. The Morgan fingerprint density at radius 3 is 2.96 bits per heavy atom. The zero-order chi connectivity index (χ0) is 16.4. The number of rotatable bonds is 4. The van der Waals surface area contributed by atoms with Crippen LogP contribution in [0.5, 0.6) is 0 Å². The molecular formula is C16H21N5OS. The quantitative estimate of drug-likeness (QED) is 0.932. The monoisotopic (exact) mass is 331 g/mol. The molecule has 7 heteroatoms. The van der Waals surface area contributed by atoms with E-state index < -0.39 is 0 Å². The maximum absolute atomic E-state index is 12.1. The molecule has 1 unspecified atom stereocenters. The van der Waals surface area contributed by atoms with Crippen LogP contribution in [0.2, 0.25) is 0 Å². The molecule has 3 rings (SSSR count). The van der Waals surface area contributed by atoms with Gasteiger partial charge in [0.1, 0.15) is 11.6 Å². The van der Waals surface area contributed by atoms with Gasteiger partial charge in [0.25, 0.3) is 0 Å². The van der Waals surface area contributed by atoms with E-state index in [1.54, 1.807) is 6.20 Å². The van der Waals surface area contributed by atoms with Crippen molar-refractivity contribution < 1.29 is 4.79 Å². The standard InChI is InChI=1S/C16H21N5OS/c1-10(2)15(22)21-6-4-12(9-21)13-8-14(19-11(3)18-13)20-16-17-5-7-23-16/h5,7-8,10,12H,4,6,9H2,1-3H3,(H,17,18,19,20). The fourth-order valence-corrected chi connectivity index (χ4v) is 3.36. The second-order valence-electron chi connectivity index (χ2n) is 6.11. The van der Waals surface area contributed by atoms with E-state index in [1.165, 1.54) is 11.3 Å². The van der Waals surface area contributed by atoms with Gasteiger partial charge in [-0.1, -0.05) is 13.8 Å². The van der Waals surface area contributed by atoms with Gasteiger partial charge in [-0.3, -0.25) is 4.79 Å². The van der Waals surface area contributed by atoms with Gasteiger partial charge >= 0.3 is 0 Å². The number of carbonyl (C=O) groups is 1. The Balaban J connectivity index is 1.75. The van der Waals surface area contributed by atoms with Crippen molar-refractivity contribution in [1.29, 1.82) is 0 Å². The molecule has 1 atom stereocenters. The maximum Gasteiger partial charge on any atom is 0.225 e. The van der Waals surface area contributed by atoms with E-state index in [-0.39, 0.29) is 17.7 Å². The van der Waals surface area contributed by atoms with E-state index in [0.29, 0.717) is 0 Å². The molecule has 1 N–H and O–H groups in total. The molecule has 1 amide bonds. The SMILES string of the molecule is Cc1nc(Nc2nccs2)cc(C2CCN(C(=O)C(C)C)C2)n1. The third kappa shape index (κ3) is 3.67. The highest BCUT2D eigenvalue weighted by molar-refractivity contribution is 7.13. The van der Waals surface area contributed by atoms with Gasteiger partial charge in [0.15, 0.2) is 5.13 Å². The van der Waals surface area contributed by atoms with Gasteiger partial charge in [-0.15, -0.1) is 11.3 Å². The van der Waals surface area contributed by atoms with Gasteiger partial charge < -0.3 is 10.2 Å². The molecule has 2 aromatic heterocycles. The van der Waals surface area contributed by atoms with Gasteiger partial charge in [0.2, 0.25) is 5.91 Å². The van der Waals surface area contributed by atoms with Crippen molar-refractivity contribution in [2.45, 2.75) is 33.1 Å². The summed E-state index contributed by atoms with van der Waals surface area (Å²) in [6.45, 7) is 7.33. The third-order valence-electron chi connectivity index (χ3n) is 3.94. The van der Waals surface area contributed by atoms with Crippen LogP contribution in [0.25, 0.3) is 0 Å². The molecule has 23 heavy (non-hydrogen) atoms. The summed E-state index contributed by atoms with van der Waals surface area (Å²) in [5, 5.41) is 5.95. The molecule has 1 saturated heterocycles. The second-order valence-corrected chi connectivity index (χ2v) is 7.01. The van der Waals surface area contributed by atoms with Crippen molar-refractivity contribution in [2.24, 2.45) is 5.92 Å². The molecule has 0 radical (unpaired) electrons. The number of aromatic nitrogens is 3. The van der Waals surface area contributed by atoms with E-state index in [9.17, 15) is 4.79 Å². The largest absolute Gasteiger partial charge is 0.342 e. The lowest BCUT2D eigenvalue weighted by atomic mass is 10.0. The van der Waals surface area contributed by atoms with Crippen LogP contribution in [0.15, 0.2) is 17.6 Å². The lowest BCUT2D eigenvalue weighted by Crippen LogP contribution is -2.32. The summed E-state index contributed by atoms with van der Waals surface area (Å²) in [6, 6.07) is 1.97. The van der Waals surface area contributed by atoms with E-state index in [0.717, 1.165) is 42.0 Å². The van der Waals surface area contributed by atoms with Gasteiger partial charge in [-0.2, -0.15) is 0 Å². The minimum atomic E-state index is 0.0445. The molecule has 0 aliphatic carbocycles. The first-order chi connectivity index (χ1) is 11.0. The van der Waals surface area contributed by atoms with E-state index >= 15 is 0 Å². The fourth-order valence-electron chi connectivity index (χ4n) is 2.83. The van der Waals surface area contributed by atoms with Crippen molar-refractivity contribution in [1.82, 2.24) is 19.9 Å². The van der Waals surface area contributed by atoms with Crippen molar-refractivity contribution >= 4 is 28.2 Å². The lowest BCUT2D eigenvalue weighted by Gasteiger charge is -2.18. The molecule has 0 saturated carbocycles. The number of hydrogen-bond donors (Lipinski definition) is 1. The Kier molecular flexibility index (Phi) is 4.56. The number of likely N-dealkylation sites (tertiary alicyclic amines) is 1. The number of anilines is 2. The average molecular weight is 331 g/mol. The van der Waals surface area contributed by atoms with Gasteiger partial charge in [-0.05, 0) is 13.3 Å². The first-order valence-corrected chi connectivity index (χ1v) is 8.72. The molecule has 0 spiro atoms. The molecule has 6 nitrogen and oxygen atoms in total. The number of hydrogen-bond acceptors (Lipinski definition) is 6. The first-order valence-electron chi connectivity index (χ1n) is 7.84. The van der Waals surface area contributed by atoms with Crippen LogP contribution < -0.4 is 5.32 Å². The lowest BCUT2D eigenvalue weighted by molar-refractivity contribution is -0.133. The molecule has 1 aliphatic rings. The van der Waals surface area contributed by atoms with Crippen LogP contribution in [0.3, 0.4) is 0 Å². The van der Waals surface area contributed by atoms with Crippen LogP contribution in [-0.4, -0.2) is 38.8 Å². The minimum absolute atomic E-state index is 0.0445. The minimum Gasteiger partial charge on any atom is -0.342 e. The summed E-state index contributed by atoms with van der Waals surface area (Å²) in [5.41, 5.74) is 0.996. The fraction of sp³-hybridized carbons (Fsp3) is 0.500. The predicted molar refractivity (Wildman–Crippen MR) is 90.9 cm³/mol. The zero-order valence-electron chi connectivity index (χ0n) is 13.6. The van der Waals surface area contributed by atoms with Crippen molar-refractivity contribution in [3.8, 4) is 0 Å². The van der Waals surface area contributed by atoms with Crippen LogP contribution in [0.1, 0.15) is 37.7 Å². The molecule has 1 fully saturated rings. The zero-order valence-corrected chi connectivity index (χ0v) is 14.4. The van der Waals surface area contributed by atoms with Gasteiger partial charge in [0, 0.05) is 42.6 Å². The highest BCUT2D eigenvalue weighted by Gasteiger charge is 2.29. The summed E-state index contributed by atoms with van der Waals surface area (Å²) < 4.78 is 0. The molecule has 0 bridgehead atoms. The van der Waals surface area contributed by atoms with Gasteiger partial charge in [0.05, 0.1) is 5.69 Å². The molecule has 1 aliphatic heterocycles. The summed E-state index contributed by atoms with van der Waals surface area (Å²) in [4.78, 5) is 27.3. The summed E-state index contributed by atoms with van der Waals surface area (Å²) in [6.07, 6.45) is 2.71. The summed E-state index contributed by atoms with van der Waals surface area (Å²) in [7, 11) is 0. The third-order valence-corrected chi connectivity index (χ3v) is 4.63. The number of thiazole rings is 1. The Morgan fingerprint density at radius 2 is 2.26 bits per heavy atom. The molecular weight excluding hydrogens is 310 g/mol. The van der Waals surface area contributed by atoms with Crippen molar-refractivity contribution in [3.05, 3.63) is 29.2 Å². The number of aryl methyl sites for hydroxylation is 1. The highest BCUT2D eigenvalue weighted by atomic mass is 32.1. The summed E-state index contributed by atoms with van der Waals surface area (Å²) >= 11 is 1.53. The van der Waals surface area contributed by atoms with Gasteiger partial charge in [-0.25, -0.2) is 15.0 Å². The summed E-state index contributed by atoms with van der Waals surface area (Å²) in [5.74, 6) is 2.03. The Labute approximate surface area is 140 Å². The van der Waals surface area contributed by atoms with E-state index in [1.807, 2.05) is 37.1 Å². The van der Waals surface area contributed by atoms with Crippen LogP contribution in [-0.2, 0) is 4.79 Å². The van der Waals surface area contributed by atoms with Crippen molar-refractivity contribution in [3.63, 3.8) is 0 Å². The van der Waals surface area contributed by atoms with Crippen LogP contribution in [0, 0.1) is 12.8 Å². The normalized spacial score (nSPS) is 17.7. The highest BCUT2D eigenvalue weighted by Crippen LogP contribution is 2.29. The van der Waals surface area contributed by atoms with Crippen LogP contribution in [0.4, 0.5) is 10.9 Å². The number of nitrogens with one attached hydrogen (secondary N) is 1. The smallest absolute Gasteiger partial charge is 0.225 e. The topological polar surface area (TPSA) is 71.0 Å². The number of carbonyl (C=O) groups excluding carboxylic acids is 1. The Hall–Kier alpha value is -2.02. The average Bonchev–Trinajstić information content (AvgIpc) is 3.16. The Bertz CT molecular complexity index is 686. The number of nitrogens with zero attached hydrogens (tertiary/aromatic N) is 4. The van der Waals surface area contributed by atoms with Crippen molar-refractivity contribution in [2.75, 3.05) is 18.4 Å². The molecule has 0 aromatic carbocycles. The van der Waals surface area contributed by atoms with E-state index in [2.05, 4.69) is 20.3 Å².